The summed E-state index contributed by atoms with van der Waals surface area (Å²) in [7, 11) is 0. The van der Waals surface area contributed by atoms with Gasteiger partial charge in [0, 0.05) is 12.5 Å². The van der Waals surface area contributed by atoms with Gasteiger partial charge in [-0.25, -0.2) is 9.67 Å². The van der Waals surface area contributed by atoms with Gasteiger partial charge in [-0.1, -0.05) is 6.92 Å². The lowest BCUT2D eigenvalue weighted by Gasteiger charge is -1.93. The van der Waals surface area contributed by atoms with Crippen LogP contribution in [0.1, 0.15) is 30.9 Å². The highest BCUT2D eigenvalue weighted by molar-refractivity contribution is 5.01. The minimum absolute atomic E-state index is 0.612. The highest BCUT2D eigenvalue weighted by atomic mass is 15.4. The van der Waals surface area contributed by atoms with Crippen LogP contribution in [0.5, 0.6) is 0 Å². The summed E-state index contributed by atoms with van der Waals surface area (Å²) in [5, 5.41) is 4.25. The van der Waals surface area contributed by atoms with E-state index in [1.807, 2.05) is 11.6 Å². The average Bonchev–Trinajstić information content (AvgIpc) is 2.35. The third-order valence-electron chi connectivity index (χ3n) is 2.02. The van der Waals surface area contributed by atoms with E-state index in [-0.39, 0.29) is 0 Å². The summed E-state index contributed by atoms with van der Waals surface area (Å²) in [6.45, 7) is 5.20. The first-order valence-corrected chi connectivity index (χ1v) is 3.68. The van der Waals surface area contributed by atoms with Crippen LogP contribution in [0.4, 0.5) is 0 Å². The summed E-state index contributed by atoms with van der Waals surface area (Å²) < 4.78 is 2.01. The maximum atomic E-state index is 4.32. The summed E-state index contributed by atoms with van der Waals surface area (Å²) in [5.41, 5.74) is 0. The van der Waals surface area contributed by atoms with Gasteiger partial charge in [0.15, 0.2) is 0 Å². The second-order valence-electron chi connectivity index (χ2n) is 2.93. The van der Waals surface area contributed by atoms with Crippen molar-refractivity contribution in [3.63, 3.8) is 0 Å². The second kappa shape index (κ2) is 1.81. The molecule has 0 bridgehead atoms. The first-order chi connectivity index (χ1) is 4.77. The molecule has 10 heavy (non-hydrogen) atoms. The number of nitrogens with zero attached hydrogens (tertiary/aromatic N) is 3. The van der Waals surface area contributed by atoms with E-state index in [2.05, 4.69) is 17.0 Å². The van der Waals surface area contributed by atoms with Gasteiger partial charge in [0.05, 0.1) is 0 Å². The summed E-state index contributed by atoms with van der Waals surface area (Å²) in [5.74, 6) is 2.68. The van der Waals surface area contributed by atoms with Gasteiger partial charge in [0.2, 0.25) is 0 Å². The molecular formula is C7H11N3. The Morgan fingerprint density at radius 1 is 1.60 bits per heavy atom. The molecule has 54 valence electrons. The van der Waals surface area contributed by atoms with E-state index in [9.17, 15) is 0 Å². The Morgan fingerprint density at radius 3 is 3.10 bits per heavy atom. The molecule has 1 unspecified atom stereocenters. The lowest BCUT2D eigenvalue weighted by atomic mass is 10.1. The van der Waals surface area contributed by atoms with Gasteiger partial charge in [0.25, 0.3) is 0 Å². The van der Waals surface area contributed by atoms with Crippen LogP contribution in [0.15, 0.2) is 0 Å². The zero-order valence-electron chi connectivity index (χ0n) is 6.33. The number of aryl methyl sites for hydroxylation is 2. The van der Waals surface area contributed by atoms with Crippen LogP contribution in [0.3, 0.4) is 0 Å². The van der Waals surface area contributed by atoms with Crippen LogP contribution < -0.4 is 0 Å². The van der Waals surface area contributed by atoms with E-state index >= 15 is 0 Å². The van der Waals surface area contributed by atoms with Gasteiger partial charge >= 0.3 is 0 Å². The molecule has 0 aromatic carbocycles. The monoisotopic (exact) mass is 137 g/mol. The third kappa shape index (κ3) is 0.664. The molecule has 1 aliphatic rings. The van der Waals surface area contributed by atoms with Crippen molar-refractivity contribution in [3.05, 3.63) is 11.6 Å². The van der Waals surface area contributed by atoms with Gasteiger partial charge in [-0.2, -0.15) is 5.10 Å². The summed E-state index contributed by atoms with van der Waals surface area (Å²) in [6.07, 6.45) is 1.20. The predicted octanol–water partition coefficient (Wildman–Crippen LogP) is 1.09. The lowest BCUT2D eigenvalue weighted by Crippen LogP contribution is -1.94. The van der Waals surface area contributed by atoms with Crippen LogP contribution in [-0.2, 0) is 6.54 Å². The zero-order valence-corrected chi connectivity index (χ0v) is 6.33. The molecule has 0 spiro atoms. The maximum Gasteiger partial charge on any atom is 0.147 e. The molecule has 0 saturated carbocycles. The standard InChI is InChI=1S/C7H11N3/c1-5-3-4-10-7(5)8-6(2)9-10/h5H,3-4H2,1-2H3. The molecule has 0 amide bonds. The SMILES string of the molecule is Cc1nc2n(n1)CCC2C. The fourth-order valence-electron chi connectivity index (χ4n) is 1.45. The molecule has 1 aliphatic heterocycles. The highest BCUT2D eigenvalue weighted by Crippen LogP contribution is 2.24. The Morgan fingerprint density at radius 2 is 2.40 bits per heavy atom. The summed E-state index contributed by atoms with van der Waals surface area (Å²) >= 11 is 0. The quantitative estimate of drug-likeness (QED) is 0.536. The molecule has 0 saturated heterocycles. The Bertz CT molecular complexity index is 251. The van der Waals surface area contributed by atoms with Crippen LogP contribution >= 0.6 is 0 Å². The molecular weight excluding hydrogens is 126 g/mol. The van der Waals surface area contributed by atoms with Crippen LogP contribution in [0.25, 0.3) is 0 Å². The minimum Gasteiger partial charge on any atom is -0.250 e. The van der Waals surface area contributed by atoms with Gasteiger partial charge in [-0.3, -0.25) is 0 Å². The van der Waals surface area contributed by atoms with E-state index < -0.39 is 0 Å². The van der Waals surface area contributed by atoms with Gasteiger partial charge in [-0.05, 0) is 13.3 Å². The fourth-order valence-corrected chi connectivity index (χ4v) is 1.45. The third-order valence-corrected chi connectivity index (χ3v) is 2.02. The largest absolute Gasteiger partial charge is 0.250 e. The average molecular weight is 137 g/mol. The number of fused-ring (bicyclic) bond motifs is 1. The van der Waals surface area contributed by atoms with Gasteiger partial charge in [0.1, 0.15) is 11.6 Å². The molecule has 3 nitrogen and oxygen atoms in total. The Balaban J connectivity index is 2.49. The Labute approximate surface area is 60.1 Å². The van der Waals surface area contributed by atoms with E-state index in [0.29, 0.717) is 5.92 Å². The van der Waals surface area contributed by atoms with Crippen molar-refractivity contribution in [2.24, 2.45) is 0 Å². The van der Waals surface area contributed by atoms with E-state index in [4.69, 9.17) is 0 Å². The van der Waals surface area contributed by atoms with Gasteiger partial charge in [-0.15, -0.1) is 0 Å². The smallest absolute Gasteiger partial charge is 0.147 e. The molecule has 0 radical (unpaired) electrons. The molecule has 0 fully saturated rings. The van der Waals surface area contributed by atoms with E-state index in [1.54, 1.807) is 0 Å². The first-order valence-electron chi connectivity index (χ1n) is 3.68. The zero-order chi connectivity index (χ0) is 7.14. The van der Waals surface area contributed by atoms with Crippen molar-refractivity contribution in [2.45, 2.75) is 32.7 Å². The minimum atomic E-state index is 0.612. The topological polar surface area (TPSA) is 30.7 Å². The normalized spacial score (nSPS) is 23.2. The molecule has 3 heteroatoms. The number of hydrogen-bond acceptors (Lipinski definition) is 2. The van der Waals surface area contributed by atoms with Crippen molar-refractivity contribution in [1.82, 2.24) is 14.8 Å². The molecule has 1 aromatic heterocycles. The molecule has 2 heterocycles. The highest BCUT2D eigenvalue weighted by Gasteiger charge is 2.20. The van der Waals surface area contributed by atoms with Crippen molar-refractivity contribution < 1.29 is 0 Å². The first kappa shape index (κ1) is 5.89. The predicted molar refractivity (Wildman–Crippen MR) is 37.8 cm³/mol. The van der Waals surface area contributed by atoms with Crippen molar-refractivity contribution in [3.8, 4) is 0 Å². The second-order valence-corrected chi connectivity index (χ2v) is 2.93. The Hall–Kier alpha value is -0.860. The van der Waals surface area contributed by atoms with E-state index in [0.717, 1.165) is 18.2 Å². The molecule has 0 aliphatic carbocycles. The fraction of sp³-hybridized carbons (Fsp3) is 0.714. The molecule has 2 rings (SSSR count). The Kier molecular flexibility index (Phi) is 1.07. The van der Waals surface area contributed by atoms with Crippen molar-refractivity contribution in [1.29, 1.82) is 0 Å². The summed E-state index contributed by atoms with van der Waals surface area (Å²) in [4.78, 5) is 4.32. The van der Waals surface area contributed by atoms with Crippen LogP contribution in [-0.4, -0.2) is 14.8 Å². The van der Waals surface area contributed by atoms with E-state index in [1.165, 1.54) is 6.42 Å². The number of rotatable bonds is 0. The maximum absolute atomic E-state index is 4.32. The van der Waals surface area contributed by atoms with Crippen LogP contribution in [0, 0.1) is 6.92 Å². The number of aromatic nitrogens is 3. The summed E-state index contributed by atoms with van der Waals surface area (Å²) in [6, 6.07) is 0. The van der Waals surface area contributed by atoms with Crippen molar-refractivity contribution >= 4 is 0 Å². The molecule has 1 atom stereocenters. The molecule has 1 aromatic rings. The van der Waals surface area contributed by atoms with Crippen molar-refractivity contribution in [2.75, 3.05) is 0 Å². The van der Waals surface area contributed by atoms with Gasteiger partial charge < -0.3 is 0 Å². The number of hydrogen-bond donors (Lipinski definition) is 0. The lowest BCUT2D eigenvalue weighted by molar-refractivity contribution is 0.637. The molecule has 0 N–H and O–H groups in total. The van der Waals surface area contributed by atoms with Crippen LogP contribution in [0.2, 0.25) is 0 Å².